The summed E-state index contributed by atoms with van der Waals surface area (Å²) in [5.41, 5.74) is 0. The summed E-state index contributed by atoms with van der Waals surface area (Å²) in [6.45, 7) is 6.48. The fraction of sp³-hybridized carbons (Fsp3) is 0.833. The highest BCUT2D eigenvalue weighted by atomic mass is 16.2. The van der Waals surface area contributed by atoms with Gasteiger partial charge < -0.3 is 19.6 Å². The molecule has 3 aliphatic heterocycles. The highest BCUT2D eigenvalue weighted by Crippen LogP contribution is 2.15. The molecule has 0 saturated carbocycles. The second kappa shape index (κ2) is 4.66. The molecule has 0 aromatic carbocycles. The monoisotopic (exact) mass is 252 g/mol. The number of carbonyl (C=O) groups is 2. The van der Waals surface area contributed by atoms with Crippen LogP contribution in [-0.2, 0) is 0 Å². The predicted octanol–water partition coefficient (Wildman–Crippen LogP) is 0.255. The molecule has 4 bridgehead atoms. The van der Waals surface area contributed by atoms with Crippen molar-refractivity contribution in [3.05, 3.63) is 0 Å². The number of hydrogen-bond donors (Lipinski definition) is 0. The van der Waals surface area contributed by atoms with Gasteiger partial charge >= 0.3 is 12.1 Å². The molecule has 18 heavy (non-hydrogen) atoms. The van der Waals surface area contributed by atoms with Crippen molar-refractivity contribution in [3.63, 3.8) is 0 Å². The van der Waals surface area contributed by atoms with Crippen molar-refractivity contribution in [1.29, 1.82) is 0 Å². The van der Waals surface area contributed by atoms with E-state index in [4.69, 9.17) is 0 Å². The van der Waals surface area contributed by atoms with E-state index in [0.29, 0.717) is 0 Å². The maximum Gasteiger partial charge on any atom is 0.320 e. The van der Waals surface area contributed by atoms with E-state index < -0.39 is 0 Å². The van der Waals surface area contributed by atoms with Crippen LogP contribution in [0.1, 0.15) is 12.8 Å². The lowest BCUT2D eigenvalue weighted by molar-refractivity contribution is 0.177. The van der Waals surface area contributed by atoms with E-state index in [1.807, 2.05) is 19.6 Å². The van der Waals surface area contributed by atoms with E-state index in [1.54, 1.807) is 0 Å². The summed E-state index contributed by atoms with van der Waals surface area (Å²) in [6, 6.07) is 0.360. The first-order valence-electron chi connectivity index (χ1n) is 6.83. The molecule has 0 radical (unpaired) electrons. The lowest BCUT2D eigenvalue weighted by Gasteiger charge is -2.23. The second-order valence-corrected chi connectivity index (χ2v) is 5.22. The van der Waals surface area contributed by atoms with Crippen LogP contribution in [0.15, 0.2) is 0 Å². The number of fused-ring (bicyclic) bond motifs is 4. The average Bonchev–Trinajstić information content (AvgIpc) is 2.88. The Hall–Kier alpha value is -1.46. The number of rotatable bonds is 0. The molecule has 100 valence electrons. The van der Waals surface area contributed by atoms with E-state index in [-0.39, 0.29) is 12.1 Å². The van der Waals surface area contributed by atoms with Crippen molar-refractivity contribution < 1.29 is 9.59 Å². The third-order valence-electron chi connectivity index (χ3n) is 4.07. The Labute approximate surface area is 107 Å². The zero-order valence-corrected chi connectivity index (χ0v) is 10.7. The van der Waals surface area contributed by atoms with Crippen LogP contribution in [-0.4, -0.2) is 84.0 Å². The first kappa shape index (κ1) is 11.6. The third kappa shape index (κ3) is 2.00. The molecular formula is C12H20N4O2. The quantitative estimate of drug-likeness (QED) is 0.620. The molecule has 0 unspecified atom stereocenters. The fourth-order valence-corrected chi connectivity index (χ4v) is 3.00. The highest BCUT2D eigenvalue weighted by molar-refractivity contribution is 5.77. The molecule has 3 heterocycles. The van der Waals surface area contributed by atoms with E-state index in [1.165, 1.54) is 0 Å². The number of carbonyl (C=O) groups excluding carboxylic acids is 2. The first-order valence-corrected chi connectivity index (χ1v) is 6.83. The maximum absolute atomic E-state index is 12.0. The minimum absolute atomic E-state index is 0.180. The van der Waals surface area contributed by atoms with Crippen LogP contribution in [0, 0.1) is 0 Å². The maximum atomic E-state index is 12.0. The summed E-state index contributed by atoms with van der Waals surface area (Å²) >= 11 is 0. The fourth-order valence-electron chi connectivity index (χ4n) is 3.00. The summed E-state index contributed by atoms with van der Waals surface area (Å²) < 4.78 is 0. The Balaban J connectivity index is 1.68. The largest absolute Gasteiger partial charge is 0.323 e. The Bertz CT molecular complexity index is 298. The van der Waals surface area contributed by atoms with Crippen LogP contribution >= 0.6 is 0 Å². The summed E-state index contributed by atoms with van der Waals surface area (Å²) in [7, 11) is 0. The van der Waals surface area contributed by atoms with E-state index >= 15 is 0 Å². The van der Waals surface area contributed by atoms with Gasteiger partial charge in [-0.05, 0) is 12.8 Å². The van der Waals surface area contributed by atoms with Gasteiger partial charge in [0.2, 0.25) is 0 Å². The summed E-state index contributed by atoms with van der Waals surface area (Å²) in [5, 5.41) is 0. The van der Waals surface area contributed by atoms with Crippen molar-refractivity contribution in [2.75, 3.05) is 52.4 Å². The van der Waals surface area contributed by atoms with Crippen LogP contribution < -0.4 is 0 Å². The molecule has 6 heteroatoms. The molecule has 0 spiro atoms. The summed E-state index contributed by atoms with van der Waals surface area (Å²) in [4.78, 5) is 31.7. The van der Waals surface area contributed by atoms with Crippen LogP contribution in [0.5, 0.6) is 0 Å². The van der Waals surface area contributed by atoms with Crippen LogP contribution in [0.3, 0.4) is 0 Å². The zero-order valence-electron chi connectivity index (χ0n) is 10.7. The Morgan fingerprint density at radius 2 is 0.778 bits per heavy atom. The molecule has 3 rings (SSSR count). The minimum Gasteiger partial charge on any atom is -0.323 e. The predicted molar refractivity (Wildman–Crippen MR) is 66.3 cm³/mol. The van der Waals surface area contributed by atoms with Crippen molar-refractivity contribution in [2.45, 2.75) is 12.8 Å². The highest BCUT2D eigenvalue weighted by Gasteiger charge is 2.31. The molecule has 0 aliphatic carbocycles. The van der Waals surface area contributed by atoms with E-state index in [2.05, 4.69) is 0 Å². The van der Waals surface area contributed by atoms with Gasteiger partial charge in [0.15, 0.2) is 0 Å². The van der Waals surface area contributed by atoms with Crippen LogP contribution in [0.25, 0.3) is 0 Å². The molecule has 3 saturated heterocycles. The first-order chi connectivity index (χ1) is 8.75. The summed E-state index contributed by atoms with van der Waals surface area (Å²) in [5.74, 6) is 0. The van der Waals surface area contributed by atoms with Crippen molar-refractivity contribution >= 4 is 12.1 Å². The number of urea groups is 2. The molecule has 3 aliphatic rings. The molecule has 0 aromatic heterocycles. The molecule has 4 amide bonds. The van der Waals surface area contributed by atoms with E-state index in [9.17, 15) is 9.59 Å². The van der Waals surface area contributed by atoms with Gasteiger partial charge in [-0.3, -0.25) is 0 Å². The van der Waals surface area contributed by atoms with Crippen molar-refractivity contribution in [3.8, 4) is 0 Å². The molecule has 0 N–H and O–H groups in total. The number of amides is 4. The van der Waals surface area contributed by atoms with Crippen LogP contribution in [0.4, 0.5) is 9.59 Å². The third-order valence-corrected chi connectivity index (χ3v) is 4.07. The Kier molecular flexibility index (Phi) is 3.01. The van der Waals surface area contributed by atoms with Crippen molar-refractivity contribution in [1.82, 2.24) is 19.6 Å². The number of nitrogens with zero attached hydrogens (tertiary/aromatic N) is 4. The van der Waals surface area contributed by atoms with Gasteiger partial charge in [0.05, 0.1) is 0 Å². The van der Waals surface area contributed by atoms with Gasteiger partial charge in [0.1, 0.15) is 0 Å². The molecule has 6 nitrogen and oxygen atoms in total. The topological polar surface area (TPSA) is 47.1 Å². The van der Waals surface area contributed by atoms with Gasteiger partial charge in [0, 0.05) is 52.4 Å². The lowest BCUT2D eigenvalue weighted by atomic mass is 10.3. The normalized spacial score (nSPS) is 25.6. The molecule has 0 aromatic rings. The lowest BCUT2D eigenvalue weighted by Crippen LogP contribution is -2.38. The SMILES string of the molecule is O=C1N2CCCN3CCN(CCCN1CC2)C3=O. The Morgan fingerprint density at radius 1 is 0.500 bits per heavy atom. The van der Waals surface area contributed by atoms with Crippen LogP contribution in [0.2, 0.25) is 0 Å². The van der Waals surface area contributed by atoms with E-state index in [0.717, 1.165) is 65.2 Å². The molecule has 0 atom stereocenters. The van der Waals surface area contributed by atoms with Gasteiger partial charge in [-0.25, -0.2) is 9.59 Å². The second-order valence-electron chi connectivity index (χ2n) is 5.22. The standard InChI is InChI=1S/C12H20N4O2/c17-11-13-3-1-4-14-8-10-16(12(14)18)6-2-5-15(11)9-7-13/h1-10H2. The average molecular weight is 252 g/mol. The minimum atomic E-state index is 0.180. The van der Waals surface area contributed by atoms with Gasteiger partial charge in [-0.15, -0.1) is 0 Å². The summed E-state index contributed by atoms with van der Waals surface area (Å²) in [6.07, 6.45) is 1.78. The van der Waals surface area contributed by atoms with Gasteiger partial charge in [-0.2, -0.15) is 0 Å². The van der Waals surface area contributed by atoms with Gasteiger partial charge in [-0.1, -0.05) is 0 Å². The smallest absolute Gasteiger partial charge is 0.320 e. The molecule has 3 fully saturated rings. The number of hydrogen-bond acceptors (Lipinski definition) is 2. The molecular weight excluding hydrogens is 232 g/mol. The van der Waals surface area contributed by atoms with Crippen molar-refractivity contribution in [2.24, 2.45) is 0 Å². The Morgan fingerprint density at radius 3 is 1.06 bits per heavy atom. The van der Waals surface area contributed by atoms with Gasteiger partial charge in [0.25, 0.3) is 0 Å². The zero-order chi connectivity index (χ0) is 12.5.